The van der Waals surface area contributed by atoms with Crippen LogP contribution in [0.2, 0.25) is 0 Å². The highest BCUT2D eigenvalue weighted by molar-refractivity contribution is 9.10. The molecule has 0 spiro atoms. The first-order valence-electron chi connectivity index (χ1n) is 5.44. The standard InChI is InChI=1S/C14H10BrNO3/c15-11-3-1-2-10(8-11)14(18)19-12-6-4-9(5-7-12)13(16)17/h1-8H,(H2,16,17). The van der Waals surface area contributed by atoms with Crippen LogP contribution in [0, 0.1) is 0 Å². The minimum atomic E-state index is -0.523. The van der Waals surface area contributed by atoms with Crippen molar-refractivity contribution in [3.05, 3.63) is 64.1 Å². The summed E-state index contributed by atoms with van der Waals surface area (Å²) in [6, 6.07) is 12.9. The SMILES string of the molecule is NC(=O)c1ccc(OC(=O)c2cccc(Br)c2)cc1. The molecule has 0 aromatic heterocycles. The Kier molecular flexibility index (Phi) is 3.97. The molecule has 0 unspecified atom stereocenters. The zero-order chi connectivity index (χ0) is 13.8. The second-order valence-corrected chi connectivity index (χ2v) is 4.70. The predicted octanol–water partition coefficient (Wildman–Crippen LogP) is 2.77. The molecule has 0 fully saturated rings. The van der Waals surface area contributed by atoms with Gasteiger partial charge in [0.1, 0.15) is 5.75 Å². The summed E-state index contributed by atoms with van der Waals surface area (Å²) >= 11 is 3.28. The van der Waals surface area contributed by atoms with Gasteiger partial charge in [0.05, 0.1) is 5.56 Å². The summed E-state index contributed by atoms with van der Waals surface area (Å²) in [6.07, 6.45) is 0. The van der Waals surface area contributed by atoms with Crippen LogP contribution in [0.4, 0.5) is 0 Å². The third-order valence-corrected chi connectivity index (χ3v) is 2.90. The highest BCUT2D eigenvalue weighted by Gasteiger charge is 2.09. The van der Waals surface area contributed by atoms with Gasteiger partial charge < -0.3 is 10.5 Å². The number of benzene rings is 2. The van der Waals surface area contributed by atoms with E-state index < -0.39 is 11.9 Å². The highest BCUT2D eigenvalue weighted by Crippen LogP contribution is 2.16. The summed E-state index contributed by atoms with van der Waals surface area (Å²) in [7, 11) is 0. The fourth-order valence-electron chi connectivity index (χ4n) is 1.47. The number of halogens is 1. The fraction of sp³-hybridized carbons (Fsp3) is 0. The van der Waals surface area contributed by atoms with Gasteiger partial charge in [-0.1, -0.05) is 22.0 Å². The molecule has 2 N–H and O–H groups in total. The van der Waals surface area contributed by atoms with Crippen molar-refractivity contribution in [1.29, 1.82) is 0 Å². The van der Waals surface area contributed by atoms with E-state index in [1.807, 2.05) is 6.07 Å². The molecule has 19 heavy (non-hydrogen) atoms. The first kappa shape index (κ1) is 13.3. The van der Waals surface area contributed by atoms with Crippen molar-refractivity contribution < 1.29 is 14.3 Å². The lowest BCUT2D eigenvalue weighted by molar-refractivity contribution is 0.0734. The maximum atomic E-state index is 11.9. The summed E-state index contributed by atoms with van der Waals surface area (Å²) in [5, 5.41) is 0. The number of amides is 1. The van der Waals surface area contributed by atoms with Crippen molar-refractivity contribution in [3.63, 3.8) is 0 Å². The Hall–Kier alpha value is -2.14. The van der Waals surface area contributed by atoms with Crippen LogP contribution in [0.3, 0.4) is 0 Å². The fourth-order valence-corrected chi connectivity index (χ4v) is 1.87. The van der Waals surface area contributed by atoms with Gasteiger partial charge in [0.25, 0.3) is 0 Å². The molecule has 0 aliphatic rings. The number of carbonyl (C=O) groups excluding carboxylic acids is 2. The van der Waals surface area contributed by atoms with Crippen molar-refractivity contribution >= 4 is 27.8 Å². The van der Waals surface area contributed by atoms with Gasteiger partial charge in [0.15, 0.2) is 0 Å². The highest BCUT2D eigenvalue weighted by atomic mass is 79.9. The molecule has 1 amide bonds. The Morgan fingerprint density at radius 2 is 1.68 bits per heavy atom. The van der Waals surface area contributed by atoms with Gasteiger partial charge in [-0.05, 0) is 42.5 Å². The summed E-state index contributed by atoms with van der Waals surface area (Å²) in [4.78, 5) is 22.8. The van der Waals surface area contributed by atoms with Gasteiger partial charge in [0.2, 0.25) is 5.91 Å². The number of hydrogen-bond donors (Lipinski definition) is 1. The van der Waals surface area contributed by atoms with Crippen LogP contribution < -0.4 is 10.5 Å². The van der Waals surface area contributed by atoms with Crippen LogP contribution in [0.15, 0.2) is 53.0 Å². The number of ether oxygens (including phenoxy) is 1. The van der Waals surface area contributed by atoms with Crippen molar-refractivity contribution in [2.24, 2.45) is 5.73 Å². The maximum absolute atomic E-state index is 11.9. The van der Waals surface area contributed by atoms with E-state index in [1.165, 1.54) is 24.3 Å². The predicted molar refractivity (Wildman–Crippen MR) is 74.1 cm³/mol. The number of nitrogens with two attached hydrogens (primary N) is 1. The van der Waals surface area contributed by atoms with Crippen LogP contribution in [0.25, 0.3) is 0 Å². The zero-order valence-corrected chi connectivity index (χ0v) is 11.4. The largest absolute Gasteiger partial charge is 0.423 e. The number of esters is 1. The third-order valence-electron chi connectivity index (χ3n) is 2.41. The molecule has 0 heterocycles. The van der Waals surface area contributed by atoms with E-state index >= 15 is 0 Å². The lowest BCUT2D eigenvalue weighted by Gasteiger charge is -2.05. The number of hydrogen-bond acceptors (Lipinski definition) is 3. The van der Waals surface area contributed by atoms with Crippen LogP contribution in [0.5, 0.6) is 5.75 Å². The molecule has 2 rings (SSSR count). The van der Waals surface area contributed by atoms with Crippen LogP contribution in [-0.4, -0.2) is 11.9 Å². The Bertz CT molecular complexity index is 623. The average Bonchev–Trinajstić information content (AvgIpc) is 2.39. The van der Waals surface area contributed by atoms with Crippen LogP contribution >= 0.6 is 15.9 Å². The Balaban J connectivity index is 2.13. The van der Waals surface area contributed by atoms with Crippen LogP contribution in [-0.2, 0) is 0 Å². The van der Waals surface area contributed by atoms with Crippen LogP contribution in [0.1, 0.15) is 20.7 Å². The maximum Gasteiger partial charge on any atom is 0.343 e. The molecule has 0 saturated carbocycles. The topological polar surface area (TPSA) is 69.4 Å². The second kappa shape index (κ2) is 5.67. The zero-order valence-electron chi connectivity index (χ0n) is 9.80. The van der Waals surface area contributed by atoms with Gasteiger partial charge in [0, 0.05) is 10.0 Å². The van der Waals surface area contributed by atoms with Crippen molar-refractivity contribution in [2.75, 3.05) is 0 Å². The normalized spacial score (nSPS) is 9.95. The van der Waals surface area contributed by atoms with Gasteiger partial charge in [-0.3, -0.25) is 4.79 Å². The lowest BCUT2D eigenvalue weighted by Crippen LogP contribution is -2.11. The molecule has 4 nitrogen and oxygen atoms in total. The summed E-state index contributed by atoms with van der Waals surface area (Å²) in [5.41, 5.74) is 5.92. The lowest BCUT2D eigenvalue weighted by atomic mass is 10.2. The first-order valence-corrected chi connectivity index (χ1v) is 6.23. The van der Waals surface area contributed by atoms with E-state index in [0.717, 1.165) is 4.47 Å². The van der Waals surface area contributed by atoms with Gasteiger partial charge >= 0.3 is 5.97 Å². The molecule has 0 aliphatic heterocycles. The molecule has 0 radical (unpaired) electrons. The van der Waals surface area contributed by atoms with E-state index in [0.29, 0.717) is 16.9 Å². The number of carbonyl (C=O) groups is 2. The molecule has 2 aromatic carbocycles. The molecule has 0 saturated heterocycles. The monoisotopic (exact) mass is 319 g/mol. The molecule has 0 aliphatic carbocycles. The minimum Gasteiger partial charge on any atom is -0.423 e. The molecule has 0 atom stereocenters. The van der Waals surface area contributed by atoms with Gasteiger partial charge in [-0.15, -0.1) is 0 Å². The van der Waals surface area contributed by atoms with Gasteiger partial charge in [-0.2, -0.15) is 0 Å². The Morgan fingerprint density at radius 1 is 1.00 bits per heavy atom. The molecule has 0 bridgehead atoms. The Labute approximate surface area is 118 Å². The van der Waals surface area contributed by atoms with E-state index in [9.17, 15) is 9.59 Å². The average molecular weight is 320 g/mol. The van der Waals surface area contributed by atoms with E-state index in [1.54, 1.807) is 18.2 Å². The molecular formula is C14H10BrNO3. The van der Waals surface area contributed by atoms with E-state index in [2.05, 4.69) is 15.9 Å². The van der Waals surface area contributed by atoms with E-state index in [-0.39, 0.29) is 0 Å². The summed E-state index contributed by atoms with van der Waals surface area (Å²) in [6.45, 7) is 0. The molecule has 96 valence electrons. The Morgan fingerprint density at radius 3 is 2.26 bits per heavy atom. The number of primary amides is 1. The minimum absolute atomic E-state index is 0.356. The quantitative estimate of drug-likeness (QED) is 0.698. The summed E-state index contributed by atoms with van der Waals surface area (Å²) in [5.74, 6) is -0.632. The van der Waals surface area contributed by atoms with Crippen molar-refractivity contribution in [3.8, 4) is 5.75 Å². The molecule has 2 aromatic rings. The smallest absolute Gasteiger partial charge is 0.343 e. The van der Waals surface area contributed by atoms with Gasteiger partial charge in [-0.25, -0.2) is 4.79 Å². The van der Waals surface area contributed by atoms with Crippen molar-refractivity contribution in [1.82, 2.24) is 0 Å². The molecular weight excluding hydrogens is 310 g/mol. The molecule has 5 heteroatoms. The second-order valence-electron chi connectivity index (χ2n) is 3.79. The van der Waals surface area contributed by atoms with E-state index in [4.69, 9.17) is 10.5 Å². The van der Waals surface area contributed by atoms with Crippen molar-refractivity contribution in [2.45, 2.75) is 0 Å². The summed E-state index contributed by atoms with van der Waals surface area (Å²) < 4.78 is 5.98. The number of rotatable bonds is 3. The first-order chi connectivity index (χ1) is 9.06. The third kappa shape index (κ3) is 3.42.